The van der Waals surface area contributed by atoms with Gasteiger partial charge in [0.05, 0.1) is 0 Å². The lowest BCUT2D eigenvalue weighted by Gasteiger charge is -2.39. The van der Waals surface area contributed by atoms with Gasteiger partial charge >= 0.3 is 0 Å². The third kappa shape index (κ3) is 3.18. The van der Waals surface area contributed by atoms with E-state index in [2.05, 4.69) is 37.3 Å². The summed E-state index contributed by atoms with van der Waals surface area (Å²) in [5.41, 5.74) is 6.31. The van der Waals surface area contributed by atoms with Gasteiger partial charge in [0.2, 0.25) is 0 Å². The van der Waals surface area contributed by atoms with Crippen molar-refractivity contribution in [1.29, 1.82) is 0 Å². The predicted molar refractivity (Wildman–Crippen MR) is 93.0 cm³/mol. The molecule has 0 spiro atoms. The summed E-state index contributed by atoms with van der Waals surface area (Å²) >= 11 is 0. The molecular formula is C20H25N. The van der Waals surface area contributed by atoms with E-state index < -0.39 is 0 Å². The van der Waals surface area contributed by atoms with Gasteiger partial charge in [0.25, 0.3) is 0 Å². The second-order valence-corrected chi connectivity index (χ2v) is 5.49. The van der Waals surface area contributed by atoms with Crippen molar-refractivity contribution in [3.63, 3.8) is 0 Å². The van der Waals surface area contributed by atoms with E-state index in [1.54, 1.807) is 6.08 Å². The minimum atomic E-state index is 0.978. The smallest absolute Gasteiger partial charge is 0.0437 e. The second kappa shape index (κ2) is 7.12. The number of rotatable bonds is 5. The summed E-state index contributed by atoms with van der Waals surface area (Å²) in [7, 11) is 0. The fraction of sp³-hybridized carbons (Fsp3) is 0.300. The molecule has 0 aromatic rings. The summed E-state index contributed by atoms with van der Waals surface area (Å²) in [4.78, 5) is 2.51. The summed E-state index contributed by atoms with van der Waals surface area (Å²) in [6, 6.07) is 0. The van der Waals surface area contributed by atoms with Crippen LogP contribution in [0.3, 0.4) is 0 Å². The molecule has 1 nitrogen and oxygen atoms in total. The maximum atomic E-state index is 4.16. The topological polar surface area (TPSA) is 3.24 Å². The first kappa shape index (κ1) is 15.4. The molecular weight excluding hydrogens is 254 g/mol. The van der Waals surface area contributed by atoms with E-state index in [-0.39, 0.29) is 0 Å². The Morgan fingerprint density at radius 2 is 1.76 bits per heavy atom. The zero-order chi connectivity index (χ0) is 15.2. The van der Waals surface area contributed by atoms with E-state index >= 15 is 0 Å². The first-order valence-electron chi connectivity index (χ1n) is 7.67. The molecule has 0 aromatic carbocycles. The van der Waals surface area contributed by atoms with Crippen LogP contribution in [-0.4, -0.2) is 18.0 Å². The Morgan fingerprint density at radius 1 is 1.05 bits per heavy atom. The molecule has 0 aromatic heterocycles. The highest BCUT2D eigenvalue weighted by Gasteiger charge is 2.26. The fourth-order valence-electron chi connectivity index (χ4n) is 3.20. The van der Waals surface area contributed by atoms with Crippen LogP contribution in [0, 0.1) is 0 Å². The van der Waals surface area contributed by atoms with Crippen molar-refractivity contribution in [2.75, 3.05) is 13.1 Å². The van der Waals surface area contributed by atoms with Crippen molar-refractivity contribution < 1.29 is 0 Å². The van der Waals surface area contributed by atoms with Crippen molar-refractivity contribution in [3.05, 3.63) is 84.7 Å². The first-order valence-corrected chi connectivity index (χ1v) is 7.67. The molecule has 1 saturated heterocycles. The molecule has 1 heteroatoms. The van der Waals surface area contributed by atoms with Crippen LogP contribution < -0.4 is 0 Å². The Kier molecular flexibility index (Phi) is 5.21. The molecule has 0 amide bonds. The highest BCUT2D eigenvalue weighted by molar-refractivity contribution is 5.56. The molecule has 2 aliphatic rings. The monoisotopic (exact) mass is 279 g/mol. The van der Waals surface area contributed by atoms with Crippen LogP contribution in [0.1, 0.15) is 25.7 Å². The quantitative estimate of drug-likeness (QED) is 0.633. The zero-order valence-corrected chi connectivity index (χ0v) is 12.9. The van der Waals surface area contributed by atoms with Gasteiger partial charge in [0, 0.05) is 18.8 Å². The average molecular weight is 279 g/mol. The van der Waals surface area contributed by atoms with Crippen LogP contribution in [-0.2, 0) is 0 Å². The van der Waals surface area contributed by atoms with E-state index in [0.717, 1.165) is 31.5 Å². The van der Waals surface area contributed by atoms with Gasteiger partial charge in [-0.25, -0.2) is 0 Å². The fourth-order valence-corrected chi connectivity index (χ4v) is 3.20. The normalized spacial score (nSPS) is 21.0. The molecule has 0 unspecified atom stereocenters. The van der Waals surface area contributed by atoms with Gasteiger partial charge in [0.1, 0.15) is 0 Å². The molecule has 0 atom stereocenters. The predicted octanol–water partition coefficient (Wildman–Crippen LogP) is 5.10. The Morgan fingerprint density at radius 3 is 2.38 bits per heavy atom. The van der Waals surface area contributed by atoms with Crippen LogP contribution in [0.25, 0.3) is 0 Å². The Balaban J connectivity index is 2.61. The maximum absolute atomic E-state index is 4.16. The third-order valence-corrected chi connectivity index (χ3v) is 4.20. The Bertz CT molecular complexity index is 554. The van der Waals surface area contributed by atoms with Gasteiger partial charge in [-0.2, -0.15) is 0 Å². The summed E-state index contributed by atoms with van der Waals surface area (Å²) in [6.07, 6.45) is 14.4. The van der Waals surface area contributed by atoms with Gasteiger partial charge in [0.15, 0.2) is 0 Å². The van der Waals surface area contributed by atoms with E-state index in [1.165, 1.54) is 35.3 Å². The second-order valence-electron chi connectivity index (χ2n) is 5.49. The van der Waals surface area contributed by atoms with Gasteiger partial charge < -0.3 is 4.90 Å². The lowest BCUT2D eigenvalue weighted by Crippen LogP contribution is -2.34. The molecule has 0 aliphatic carbocycles. The van der Waals surface area contributed by atoms with Crippen molar-refractivity contribution >= 4 is 0 Å². The summed E-state index contributed by atoms with van der Waals surface area (Å²) < 4.78 is 0. The highest BCUT2D eigenvalue weighted by Crippen LogP contribution is 2.38. The van der Waals surface area contributed by atoms with Crippen LogP contribution >= 0.6 is 0 Å². The summed E-state index contributed by atoms with van der Waals surface area (Å²) in [6.45, 7) is 18.1. The van der Waals surface area contributed by atoms with E-state index in [1.807, 2.05) is 18.2 Å². The standard InChI is InChI=1S/C20H25N/c1-5-8-12-18(16(4)6-2)19-13-10-15-21-14-9-11-17(7-3)20(19)21/h5-8,12H,1-4,9-11,13-15H2/b12-8-,19-18-. The van der Waals surface area contributed by atoms with Crippen LogP contribution in [0.15, 0.2) is 84.7 Å². The molecule has 110 valence electrons. The summed E-state index contributed by atoms with van der Waals surface area (Å²) in [5, 5.41) is 0. The molecule has 0 bridgehead atoms. The van der Waals surface area contributed by atoms with Crippen molar-refractivity contribution in [1.82, 2.24) is 4.90 Å². The minimum absolute atomic E-state index is 0.978. The lowest BCUT2D eigenvalue weighted by atomic mass is 9.86. The van der Waals surface area contributed by atoms with Crippen LogP contribution in [0.4, 0.5) is 0 Å². The van der Waals surface area contributed by atoms with Crippen molar-refractivity contribution in [3.8, 4) is 0 Å². The summed E-state index contributed by atoms with van der Waals surface area (Å²) in [5.74, 6) is 0. The molecule has 0 N–H and O–H groups in total. The molecule has 2 rings (SSSR count). The molecule has 2 aliphatic heterocycles. The van der Waals surface area contributed by atoms with Gasteiger partial charge in [-0.05, 0) is 48.0 Å². The van der Waals surface area contributed by atoms with E-state index in [0.29, 0.717) is 0 Å². The molecule has 1 fully saturated rings. The molecule has 0 saturated carbocycles. The van der Waals surface area contributed by atoms with Gasteiger partial charge in [-0.3, -0.25) is 0 Å². The Hall–Kier alpha value is -2.02. The SMILES string of the molecule is C=C/C=C\C(C(=C)C=C)=C1/CCCN2CCCC(C=C)=C12. The molecule has 0 radical (unpaired) electrons. The average Bonchev–Trinajstić information content (AvgIpc) is 2.54. The van der Waals surface area contributed by atoms with E-state index in [9.17, 15) is 0 Å². The minimum Gasteiger partial charge on any atom is -0.371 e. The number of fused-ring (bicyclic) bond motifs is 1. The number of piperidine rings is 1. The lowest BCUT2D eigenvalue weighted by molar-refractivity contribution is 0.297. The number of hydrogen-bond donors (Lipinski definition) is 0. The van der Waals surface area contributed by atoms with Crippen molar-refractivity contribution in [2.45, 2.75) is 25.7 Å². The largest absolute Gasteiger partial charge is 0.371 e. The van der Waals surface area contributed by atoms with Crippen molar-refractivity contribution in [2.24, 2.45) is 0 Å². The first-order chi connectivity index (χ1) is 10.2. The number of allylic oxidation sites excluding steroid dienone is 9. The van der Waals surface area contributed by atoms with E-state index in [4.69, 9.17) is 0 Å². The Labute approximate surface area is 129 Å². The molecule has 21 heavy (non-hydrogen) atoms. The molecule has 2 heterocycles. The van der Waals surface area contributed by atoms with Gasteiger partial charge in [-0.1, -0.05) is 56.7 Å². The number of nitrogens with zero attached hydrogens (tertiary/aromatic N) is 1. The third-order valence-electron chi connectivity index (χ3n) is 4.20. The highest BCUT2D eigenvalue weighted by atomic mass is 15.1. The zero-order valence-electron chi connectivity index (χ0n) is 12.9. The van der Waals surface area contributed by atoms with Crippen LogP contribution in [0.5, 0.6) is 0 Å². The van der Waals surface area contributed by atoms with Gasteiger partial charge in [-0.15, -0.1) is 0 Å². The maximum Gasteiger partial charge on any atom is 0.0437 e. The van der Waals surface area contributed by atoms with Crippen LogP contribution in [0.2, 0.25) is 0 Å². The number of hydrogen-bond acceptors (Lipinski definition) is 1.